The molecule has 0 fully saturated rings. The van der Waals surface area contributed by atoms with Crippen molar-refractivity contribution in [2.45, 2.75) is 0 Å². The second-order valence-electron chi connectivity index (χ2n) is 0.896. The van der Waals surface area contributed by atoms with Crippen molar-refractivity contribution in [2.75, 3.05) is 0 Å². The molecule has 0 bridgehead atoms. The molecule has 0 radical (unpaired) electrons. The van der Waals surface area contributed by atoms with Crippen molar-refractivity contribution in [3.05, 3.63) is 0 Å². The minimum atomic E-state index is -4.67. The van der Waals surface area contributed by atoms with Gasteiger partial charge in [-0.15, -0.1) is 0 Å². The van der Waals surface area contributed by atoms with Crippen LogP contribution in [0.15, 0.2) is 0 Å². The van der Waals surface area contributed by atoms with E-state index in [1.807, 2.05) is 0 Å². The molecule has 0 saturated carbocycles. The molecule has 12 heteroatoms. The van der Waals surface area contributed by atoms with Crippen molar-refractivity contribution < 1.29 is 52.1 Å². The normalized spacial score (nSPS) is 9.67. The van der Waals surface area contributed by atoms with Crippen LogP contribution in [-0.2, 0) is 37.9 Å². The minimum absolute atomic E-state index is 0. The molecule has 0 heterocycles. The van der Waals surface area contributed by atoms with Crippen LogP contribution in [0.25, 0.3) is 0 Å². The molecular formula is H7FeNO8S2. The Morgan fingerprint density at radius 2 is 0.667 bits per heavy atom. The second kappa shape index (κ2) is 7.85. The van der Waals surface area contributed by atoms with Crippen LogP contribution in [0.2, 0.25) is 0 Å². The summed E-state index contributed by atoms with van der Waals surface area (Å²) in [7, 11) is -9.33. The van der Waals surface area contributed by atoms with Gasteiger partial charge in [0.15, 0.2) is 0 Å². The van der Waals surface area contributed by atoms with Crippen LogP contribution in [0.3, 0.4) is 0 Å². The zero-order chi connectivity index (χ0) is 9.00. The Bertz CT molecular complexity index is 213. The van der Waals surface area contributed by atoms with Gasteiger partial charge in [0, 0.05) is 17.1 Å². The van der Waals surface area contributed by atoms with E-state index >= 15 is 0 Å². The van der Waals surface area contributed by atoms with Gasteiger partial charge in [-0.1, -0.05) is 0 Å². The van der Waals surface area contributed by atoms with Crippen LogP contribution in [0.1, 0.15) is 0 Å². The molecular weight excluding hydrogens is 262 g/mol. The van der Waals surface area contributed by atoms with E-state index in [2.05, 4.69) is 0 Å². The molecule has 0 aliphatic heterocycles. The third-order valence-electron chi connectivity index (χ3n) is 0. The first-order chi connectivity index (χ1) is 4.00. The van der Waals surface area contributed by atoms with E-state index in [4.69, 9.17) is 35.0 Å². The molecule has 0 aliphatic rings. The molecule has 0 aromatic carbocycles. The predicted molar refractivity (Wildman–Crippen MR) is 33.4 cm³/mol. The summed E-state index contributed by atoms with van der Waals surface area (Å²) in [5, 5.41) is 0. The van der Waals surface area contributed by atoms with Crippen LogP contribution < -0.4 is 6.15 Å². The van der Waals surface area contributed by atoms with Crippen molar-refractivity contribution in [3.63, 3.8) is 0 Å². The maximum atomic E-state index is 8.74. The first-order valence-electron chi connectivity index (χ1n) is 1.40. The summed E-state index contributed by atoms with van der Waals surface area (Å²) in [6.45, 7) is 0. The maximum absolute atomic E-state index is 8.74. The summed E-state index contributed by atoms with van der Waals surface area (Å²) in [5.41, 5.74) is 0. The van der Waals surface area contributed by atoms with Gasteiger partial charge in [-0.3, -0.25) is 18.2 Å². The van der Waals surface area contributed by atoms with Crippen LogP contribution in [0.5, 0.6) is 0 Å². The second-order valence-corrected chi connectivity index (χ2v) is 2.69. The van der Waals surface area contributed by atoms with Gasteiger partial charge in [0.25, 0.3) is 0 Å². The van der Waals surface area contributed by atoms with Crippen LogP contribution in [0, 0.1) is 0 Å². The summed E-state index contributed by atoms with van der Waals surface area (Å²) >= 11 is 0. The molecule has 7 N–H and O–H groups in total. The number of rotatable bonds is 0. The first-order valence-corrected chi connectivity index (χ1v) is 4.19. The van der Waals surface area contributed by atoms with E-state index in [-0.39, 0.29) is 23.2 Å². The van der Waals surface area contributed by atoms with Crippen molar-refractivity contribution >= 4 is 20.8 Å². The van der Waals surface area contributed by atoms with Gasteiger partial charge in [-0.05, 0) is 0 Å². The average molecular weight is 269 g/mol. The minimum Gasteiger partial charge on any atom is -0.344 e. The average Bonchev–Trinajstić information content (AvgIpc) is 1.12. The zero-order valence-corrected chi connectivity index (χ0v) is 8.04. The Hall–Kier alpha value is 0.219. The summed E-state index contributed by atoms with van der Waals surface area (Å²) in [5.74, 6) is 0. The molecule has 12 heavy (non-hydrogen) atoms. The predicted octanol–water partition coefficient (Wildman–Crippen LogP) is -1.15. The monoisotopic (exact) mass is 269 g/mol. The van der Waals surface area contributed by atoms with E-state index in [1.54, 1.807) is 0 Å². The molecule has 0 spiro atoms. The van der Waals surface area contributed by atoms with Crippen molar-refractivity contribution in [2.24, 2.45) is 0 Å². The van der Waals surface area contributed by atoms with Gasteiger partial charge in [0.05, 0.1) is 0 Å². The third-order valence-corrected chi connectivity index (χ3v) is 0. The number of hydrogen-bond donors (Lipinski definition) is 5. The van der Waals surface area contributed by atoms with E-state index in [0.717, 1.165) is 0 Å². The van der Waals surface area contributed by atoms with Gasteiger partial charge in [-0.2, -0.15) is 16.8 Å². The number of hydrogen-bond acceptors (Lipinski definition) is 5. The SMILES string of the molecule is N.O=S(=O)(O)O.O=S(=O)(O)O.[Fe]. The molecule has 0 rings (SSSR count). The Morgan fingerprint density at radius 1 is 0.667 bits per heavy atom. The molecule has 0 atom stereocenters. The molecule has 0 aromatic rings. The van der Waals surface area contributed by atoms with Crippen LogP contribution in [-0.4, -0.2) is 35.0 Å². The van der Waals surface area contributed by atoms with E-state index < -0.39 is 20.8 Å². The Labute approximate surface area is 79.4 Å². The zero-order valence-electron chi connectivity index (χ0n) is 5.30. The molecule has 0 amide bonds. The molecule has 0 saturated heterocycles. The van der Waals surface area contributed by atoms with E-state index in [0.29, 0.717) is 0 Å². The fourth-order valence-electron chi connectivity index (χ4n) is 0. The molecule has 0 unspecified atom stereocenters. The van der Waals surface area contributed by atoms with E-state index in [9.17, 15) is 0 Å². The van der Waals surface area contributed by atoms with Gasteiger partial charge >= 0.3 is 20.8 Å². The summed E-state index contributed by atoms with van der Waals surface area (Å²) in [6.07, 6.45) is 0. The van der Waals surface area contributed by atoms with E-state index in [1.165, 1.54) is 0 Å². The summed E-state index contributed by atoms with van der Waals surface area (Å²) in [6, 6.07) is 0. The standard InChI is InChI=1S/Fe.H3N.2H2O4S/c;;2*1-5(2,3)4/h;1H3;2*(H2,1,2,3,4). The topological polar surface area (TPSA) is 184 Å². The molecule has 80 valence electrons. The smallest absolute Gasteiger partial charge is 0.344 e. The molecule has 0 aliphatic carbocycles. The third kappa shape index (κ3) is 18000. The fourth-order valence-corrected chi connectivity index (χ4v) is 0. The quantitative estimate of drug-likeness (QED) is 0.267. The molecule has 9 nitrogen and oxygen atoms in total. The Balaban J connectivity index is -0.0000000457. The largest absolute Gasteiger partial charge is 0.394 e. The first kappa shape index (κ1) is 22.8. The maximum Gasteiger partial charge on any atom is 0.394 e. The summed E-state index contributed by atoms with van der Waals surface area (Å²) in [4.78, 5) is 0. The van der Waals surface area contributed by atoms with Crippen molar-refractivity contribution in [1.29, 1.82) is 0 Å². The van der Waals surface area contributed by atoms with Gasteiger partial charge in [-0.25, -0.2) is 0 Å². The summed E-state index contributed by atoms with van der Waals surface area (Å²) < 4.78 is 63.2. The Morgan fingerprint density at radius 3 is 0.667 bits per heavy atom. The van der Waals surface area contributed by atoms with Gasteiger partial charge in [0.1, 0.15) is 0 Å². The van der Waals surface area contributed by atoms with Crippen LogP contribution >= 0.6 is 0 Å². The van der Waals surface area contributed by atoms with Gasteiger partial charge < -0.3 is 6.15 Å². The fraction of sp³-hybridized carbons (Fsp3) is 0. The van der Waals surface area contributed by atoms with Crippen molar-refractivity contribution in [3.8, 4) is 0 Å². The van der Waals surface area contributed by atoms with Gasteiger partial charge in [0.2, 0.25) is 0 Å². The molecule has 0 aromatic heterocycles. The Kier molecular flexibility index (Phi) is 14.9. The van der Waals surface area contributed by atoms with Crippen molar-refractivity contribution in [1.82, 2.24) is 6.15 Å². The van der Waals surface area contributed by atoms with Crippen LogP contribution in [0.4, 0.5) is 0 Å².